The Morgan fingerprint density at radius 2 is 1.77 bits per heavy atom. The Morgan fingerprint density at radius 3 is 2.31 bits per heavy atom. The fourth-order valence-corrected chi connectivity index (χ4v) is 3.22. The van der Waals surface area contributed by atoms with Gasteiger partial charge in [-0.1, -0.05) is 6.92 Å². The molecule has 0 unspecified atom stereocenters. The van der Waals surface area contributed by atoms with E-state index < -0.39 is 28.0 Å². The number of carbonyl (C=O) groups is 2. The minimum atomic E-state index is -3.64. The van der Waals surface area contributed by atoms with Crippen molar-refractivity contribution in [3.05, 3.63) is 29.8 Å². The van der Waals surface area contributed by atoms with E-state index in [1.165, 1.54) is 38.3 Å². The third kappa shape index (κ3) is 6.74. The van der Waals surface area contributed by atoms with Crippen molar-refractivity contribution in [1.82, 2.24) is 10.0 Å². The standard InChI is InChI=1S/C17H26N2O6S/c1-5-12(2)19-26(22,23)15-8-6-14(7-9-15)17(21)25-13(3)16(20)18-10-11-24-4/h6-9,12-13,19H,5,10-11H2,1-4H3,(H,18,20)/t12-,13+/m0/s1. The maximum atomic E-state index is 12.2. The van der Waals surface area contributed by atoms with Crippen LogP contribution in [-0.4, -0.2) is 52.7 Å². The van der Waals surface area contributed by atoms with Crippen LogP contribution in [0.2, 0.25) is 0 Å². The SMILES string of the molecule is CC[C@H](C)NS(=O)(=O)c1ccc(C(=O)O[C@H](C)C(=O)NCCOC)cc1. The fourth-order valence-electron chi connectivity index (χ4n) is 1.89. The molecule has 0 aliphatic heterocycles. The van der Waals surface area contributed by atoms with Crippen LogP contribution in [0.4, 0.5) is 0 Å². The van der Waals surface area contributed by atoms with Crippen LogP contribution in [-0.2, 0) is 24.3 Å². The van der Waals surface area contributed by atoms with Gasteiger partial charge in [0.25, 0.3) is 5.91 Å². The molecule has 0 saturated heterocycles. The van der Waals surface area contributed by atoms with Crippen molar-refractivity contribution in [2.24, 2.45) is 0 Å². The molecule has 0 aliphatic rings. The Labute approximate surface area is 154 Å². The molecule has 2 N–H and O–H groups in total. The van der Waals surface area contributed by atoms with Gasteiger partial charge in [0.05, 0.1) is 17.1 Å². The molecule has 1 amide bonds. The summed E-state index contributed by atoms with van der Waals surface area (Å²) in [7, 11) is -2.13. The highest BCUT2D eigenvalue weighted by molar-refractivity contribution is 7.89. The number of ether oxygens (including phenoxy) is 2. The van der Waals surface area contributed by atoms with Crippen LogP contribution in [0.3, 0.4) is 0 Å². The van der Waals surface area contributed by atoms with Crippen LogP contribution < -0.4 is 10.0 Å². The lowest BCUT2D eigenvalue weighted by molar-refractivity contribution is -0.129. The van der Waals surface area contributed by atoms with E-state index in [1.807, 2.05) is 6.92 Å². The number of nitrogens with one attached hydrogen (secondary N) is 2. The molecule has 0 aromatic heterocycles. The molecule has 1 rings (SSSR count). The second-order valence-corrected chi connectivity index (χ2v) is 7.50. The van der Waals surface area contributed by atoms with Gasteiger partial charge in [0.1, 0.15) is 0 Å². The smallest absolute Gasteiger partial charge is 0.338 e. The topological polar surface area (TPSA) is 111 Å². The van der Waals surface area contributed by atoms with Crippen molar-refractivity contribution in [3.63, 3.8) is 0 Å². The maximum Gasteiger partial charge on any atom is 0.338 e. The van der Waals surface area contributed by atoms with E-state index in [9.17, 15) is 18.0 Å². The van der Waals surface area contributed by atoms with Crippen molar-refractivity contribution in [1.29, 1.82) is 0 Å². The zero-order valence-electron chi connectivity index (χ0n) is 15.4. The van der Waals surface area contributed by atoms with Gasteiger partial charge in [0.15, 0.2) is 6.10 Å². The second-order valence-electron chi connectivity index (χ2n) is 5.79. The molecule has 1 aromatic carbocycles. The first kappa shape index (κ1) is 22.1. The van der Waals surface area contributed by atoms with Crippen molar-refractivity contribution < 1.29 is 27.5 Å². The molecule has 146 valence electrons. The fraction of sp³-hybridized carbons (Fsp3) is 0.529. The van der Waals surface area contributed by atoms with Gasteiger partial charge < -0.3 is 14.8 Å². The number of hydrogen-bond acceptors (Lipinski definition) is 6. The molecule has 0 radical (unpaired) electrons. The molecular weight excluding hydrogens is 360 g/mol. The summed E-state index contributed by atoms with van der Waals surface area (Å²) in [5, 5.41) is 2.56. The number of benzene rings is 1. The van der Waals surface area contributed by atoms with Gasteiger partial charge in [-0.05, 0) is 44.5 Å². The van der Waals surface area contributed by atoms with Gasteiger partial charge >= 0.3 is 5.97 Å². The summed E-state index contributed by atoms with van der Waals surface area (Å²) < 4.78 is 36.8. The maximum absolute atomic E-state index is 12.2. The third-order valence-corrected chi connectivity index (χ3v) is 5.23. The highest BCUT2D eigenvalue weighted by atomic mass is 32.2. The number of amides is 1. The lowest BCUT2D eigenvalue weighted by atomic mass is 10.2. The van der Waals surface area contributed by atoms with Gasteiger partial charge in [-0.25, -0.2) is 17.9 Å². The minimum absolute atomic E-state index is 0.0553. The van der Waals surface area contributed by atoms with E-state index in [0.29, 0.717) is 19.6 Å². The van der Waals surface area contributed by atoms with E-state index >= 15 is 0 Å². The Kier molecular flexibility index (Phi) is 8.70. The Balaban J connectivity index is 2.70. The monoisotopic (exact) mass is 386 g/mol. The van der Waals surface area contributed by atoms with E-state index in [1.54, 1.807) is 6.92 Å². The average Bonchev–Trinajstić information content (AvgIpc) is 2.61. The predicted octanol–water partition coefficient (Wildman–Crippen LogP) is 1.07. The van der Waals surface area contributed by atoms with Crippen LogP contribution in [0.5, 0.6) is 0 Å². The van der Waals surface area contributed by atoms with Gasteiger partial charge in [-0.15, -0.1) is 0 Å². The summed E-state index contributed by atoms with van der Waals surface area (Å²) in [6, 6.07) is 5.16. The summed E-state index contributed by atoms with van der Waals surface area (Å²) in [6.45, 7) is 5.76. The number of hydrogen-bond donors (Lipinski definition) is 2. The first-order valence-corrected chi connectivity index (χ1v) is 9.79. The van der Waals surface area contributed by atoms with E-state index in [0.717, 1.165) is 0 Å². The summed E-state index contributed by atoms with van der Waals surface area (Å²) in [5.74, 6) is -1.15. The minimum Gasteiger partial charge on any atom is -0.449 e. The highest BCUT2D eigenvalue weighted by Crippen LogP contribution is 2.13. The predicted molar refractivity (Wildman–Crippen MR) is 96.3 cm³/mol. The van der Waals surface area contributed by atoms with Crippen molar-refractivity contribution in [2.75, 3.05) is 20.3 Å². The number of sulfonamides is 1. The van der Waals surface area contributed by atoms with Crippen molar-refractivity contribution >= 4 is 21.9 Å². The van der Waals surface area contributed by atoms with Crippen LogP contribution in [0.25, 0.3) is 0 Å². The number of rotatable bonds is 10. The molecule has 0 saturated carbocycles. The second kappa shape index (κ2) is 10.2. The van der Waals surface area contributed by atoms with E-state index in [2.05, 4.69) is 10.0 Å². The van der Waals surface area contributed by atoms with Crippen LogP contribution in [0.15, 0.2) is 29.2 Å². The molecule has 0 spiro atoms. The van der Waals surface area contributed by atoms with Gasteiger partial charge in [0.2, 0.25) is 10.0 Å². The van der Waals surface area contributed by atoms with Crippen molar-refractivity contribution in [3.8, 4) is 0 Å². The lowest BCUT2D eigenvalue weighted by Gasteiger charge is -2.14. The van der Waals surface area contributed by atoms with Crippen molar-refractivity contribution in [2.45, 2.75) is 44.2 Å². The third-order valence-electron chi connectivity index (χ3n) is 3.63. The van der Waals surface area contributed by atoms with Crippen LogP contribution >= 0.6 is 0 Å². The quantitative estimate of drug-likeness (QED) is 0.460. The number of methoxy groups -OCH3 is 1. The Hall–Kier alpha value is -1.97. The Morgan fingerprint density at radius 1 is 1.15 bits per heavy atom. The highest BCUT2D eigenvalue weighted by Gasteiger charge is 2.20. The molecule has 0 heterocycles. The molecule has 26 heavy (non-hydrogen) atoms. The average molecular weight is 386 g/mol. The largest absolute Gasteiger partial charge is 0.449 e. The molecule has 2 atom stereocenters. The number of carbonyl (C=O) groups excluding carboxylic acids is 2. The van der Waals surface area contributed by atoms with Crippen LogP contribution in [0, 0.1) is 0 Å². The number of esters is 1. The summed E-state index contributed by atoms with van der Waals surface area (Å²) in [4.78, 5) is 23.9. The van der Waals surface area contributed by atoms with E-state index in [4.69, 9.17) is 9.47 Å². The van der Waals surface area contributed by atoms with E-state index in [-0.39, 0.29) is 16.5 Å². The lowest BCUT2D eigenvalue weighted by Crippen LogP contribution is -2.37. The molecule has 9 heteroatoms. The molecule has 0 bridgehead atoms. The molecule has 8 nitrogen and oxygen atoms in total. The summed E-state index contributed by atoms with van der Waals surface area (Å²) in [6.07, 6.45) is -0.316. The summed E-state index contributed by atoms with van der Waals surface area (Å²) in [5.41, 5.74) is 0.157. The molecule has 1 aromatic rings. The van der Waals surface area contributed by atoms with Gasteiger partial charge in [0, 0.05) is 19.7 Å². The zero-order chi connectivity index (χ0) is 19.7. The first-order chi connectivity index (χ1) is 12.2. The summed E-state index contributed by atoms with van der Waals surface area (Å²) >= 11 is 0. The zero-order valence-corrected chi connectivity index (χ0v) is 16.3. The van der Waals surface area contributed by atoms with Crippen LogP contribution in [0.1, 0.15) is 37.6 Å². The molecular formula is C17H26N2O6S. The Bertz CT molecular complexity index is 702. The van der Waals surface area contributed by atoms with Gasteiger partial charge in [-0.3, -0.25) is 4.79 Å². The molecule has 0 fully saturated rings. The first-order valence-electron chi connectivity index (χ1n) is 8.31. The molecule has 0 aliphatic carbocycles. The van der Waals surface area contributed by atoms with Gasteiger partial charge in [-0.2, -0.15) is 0 Å². The normalized spacial score (nSPS) is 13.7.